The molecule has 1 aromatic heterocycles. The lowest BCUT2D eigenvalue weighted by Crippen LogP contribution is -2.21. The van der Waals surface area contributed by atoms with Crippen molar-refractivity contribution in [1.29, 1.82) is 0 Å². The van der Waals surface area contributed by atoms with Gasteiger partial charge in [0.2, 0.25) is 0 Å². The summed E-state index contributed by atoms with van der Waals surface area (Å²) in [5.41, 5.74) is 1.29. The van der Waals surface area contributed by atoms with Crippen molar-refractivity contribution in [1.82, 2.24) is 10.3 Å². The highest BCUT2D eigenvalue weighted by atomic mass is 32.1. The van der Waals surface area contributed by atoms with Crippen molar-refractivity contribution in [3.8, 4) is 0 Å². The first-order valence-electron chi connectivity index (χ1n) is 6.81. The van der Waals surface area contributed by atoms with E-state index >= 15 is 0 Å². The minimum atomic E-state index is 0.0849. The Kier molecular flexibility index (Phi) is 6.23. The molecule has 1 heterocycles. The molecule has 0 unspecified atom stereocenters. The molecular weight excluding hydrogens is 258 g/mol. The van der Waals surface area contributed by atoms with E-state index in [-0.39, 0.29) is 5.41 Å². The molecule has 4 nitrogen and oxygen atoms in total. The van der Waals surface area contributed by atoms with Crippen LogP contribution in [0.15, 0.2) is 0 Å². The third kappa shape index (κ3) is 4.75. The largest absolute Gasteiger partial charge is 0.383 e. The average Bonchev–Trinajstić information content (AvgIpc) is 2.77. The molecule has 0 spiro atoms. The van der Waals surface area contributed by atoms with Gasteiger partial charge in [0.05, 0.1) is 12.3 Å². The first-order chi connectivity index (χ1) is 8.90. The molecule has 0 bridgehead atoms. The van der Waals surface area contributed by atoms with Gasteiger partial charge in [-0.1, -0.05) is 20.8 Å². The lowest BCUT2D eigenvalue weighted by Gasteiger charge is -2.18. The van der Waals surface area contributed by atoms with E-state index in [0.717, 1.165) is 31.4 Å². The zero-order valence-corrected chi connectivity index (χ0v) is 13.9. The van der Waals surface area contributed by atoms with Gasteiger partial charge in [0.1, 0.15) is 0 Å². The molecular formula is C14H27N3OS. The third-order valence-corrected chi connectivity index (χ3v) is 4.14. The van der Waals surface area contributed by atoms with Crippen LogP contribution in [0.2, 0.25) is 0 Å². The Bertz CT molecular complexity index is 385. The summed E-state index contributed by atoms with van der Waals surface area (Å²) in [4.78, 5) is 8.35. The van der Waals surface area contributed by atoms with E-state index in [2.05, 4.69) is 45.0 Å². The van der Waals surface area contributed by atoms with E-state index in [1.165, 1.54) is 10.6 Å². The van der Waals surface area contributed by atoms with Crippen molar-refractivity contribution in [3.05, 3.63) is 10.6 Å². The summed E-state index contributed by atoms with van der Waals surface area (Å²) in [6.45, 7) is 12.3. The SMILES string of the molecule is CCN(C)c1nc(C(C)(C)C)c(CNCCOC)s1. The van der Waals surface area contributed by atoms with Crippen LogP contribution in [0.25, 0.3) is 0 Å². The molecule has 0 aromatic carbocycles. The molecule has 1 rings (SSSR count). The van der Waals surface area contributed by atoms with Gasteiger partial charge in [-0.25, -0.2) is 4.98 Å². The second kappa shape index (κ2) is 7.22. The van der Waals surface area contributed by atoms with Crippen LogP contribution in [-0.2, 0) is 16.7 Å². The minimum Gasteiger partial charge on any atom is -0.383 e. The number of ether oxygens (including phenoxy) is 1. The van der Waals surface area contributed by atoms with Gasteiger partial charge < -0.3 is 15.0 Å². The average molecular weight is 285 g/mol. The number of methoxy groups -OCH3 is 1. The molecule has 0 atom stereocenters. The second-order valence-electron chi connectivity index (χ2n) is 5.70. The predicted octanol–water partition coefficient (Wildman–Crippen LogP) is 2.63. The molecule has 0 aliphatic carbocycles. The Labute approximate surface area is 121 Å². The number of hydrogen-bond donors (Lipinski definition) is 1. The fourth-order valence-corrected chi connectivity index (χ4v) is 2.98. The zero-order chi connectivity index (χ0) is 14.5. The Morgan fingerprint density at radius 3 is 2.58 bits per heavy atom. The molecule has 1 N–H and O–H groups in total. The lowest BCUT2D eigenvalue weighted by atomic mass is 9.91. The first kappa shape index (κ1) is 16.4. The van der Waals surface area contributed by atoms with E-state index in [9.17, 15) is 0 Å². The third-order valence-electron chi connectivity index (χ3n) is 2.97. The van der Waals surface area contributed by atoms with Crippen LogP contribution in [-0.4, -0.2) is 38.8 Å². The second-order valence-corrected chi connectivity index (χ2v) is 6.76. The summed E-state index contributed by atoms with van der Waals surface area (Å²) in [6.07, 6.45) is 0. The fraction of sp³-hybridized carbons (Fsp3) is 0.786. The van der Waals surface area contributed by atoms with E-state index in [0.29, 0.717) is 0 Å². The molecule has 5 heteroatoms. The Balaban J connectivity index is 2.84. The van der Waals surface area contributed by atoms with Crippen LogP contribution in [0.5, 0.6) is 0 Å². The molecule has 0 saturated carbocycles. The van der Waals surface area contributed by atoms with E-state index < -0.39 is 0 Å². The molecule has 0 radical (unpaired) electrons. The van der Waals surface area contributed by atoms with Gasteiger partial charge in [0.15, 0.2) is 5.13 Å². The Morgan fingerprint density at radius 2 is 2.05 bits per heavy atom. The summed E-state index contributed by atoms with van der Waals surface area (Å²) in [5.74, 6) is 0. The maximum absolute atomic E-state index is 5.06. The Morgan fingerprint density at radius 1 is 1.37 bits per heavy atom. The highest BCUT2D eigenvalue weighted by Crippen LogP contribution is 2.33. The molecule has 0 amide bonds. The van der Waals surface area contributed by atoms with E-state index in [4.69, 9.17) is 9.72 Å². The maximum atomic E-state index is 5.06. The van der Waals surface area contributed by atoms with Crippen molar-refractivity contribution in [3.63, 3.8) is 0 Å². The van der Waals surface area contributed by atoms with Crippen LogP contribution < -0.4 is 10.2 Å². The number of thiazole rings is 1. The minimum absolute atomic E-state index is 0.0849. The van der Waals surface area contributed by atoms with Crippen molar-refractivity contribution < 1.29 is 4.74 Å². The smallest absolute Gasteiger partial charge is 0.185 e. The molecule has 0 aliphatic rings. The molecule has 0 aliphatic heterocycles. The van der Waals surface area contributed by atoms with Crippen molar-refractivity contribution in [2.45, 2.75) is 39.7 Å². The van der Waals surface area contributed by atoms with Crippen LogP contribution >= 0.6 is 11.3 Å². The van der Waals surface area contributed by atoms with E-state index in [1.54, 1.807) is 18.4 Å². The van der Waals surface area contributed by atoms with Gasteiger partial charge in [-0.3, -0.25) is 0 Å². The van der Waals surface area contributed by atoms with Gasteiger partial charge in [-0.15, -0.1) is 11.3 Å². The maximum Gasteiger partial charge on any atom is 0.185 e. The van der Waals surface area contributed by atoms with Crippen LogP contribution in [0.1, 0.15) is 38.3 Å². The van der Waals surface area contributed by atoms with Crippen LogP contribution in [0, 0.1) is 0 Å². The standard InChI is InChI=1S/C14H27N3OS/c1-7-17(5)13-16-12(14(2,3)4)11(19-13)10-15-8-9-18-6/h15H,7-10H2,1-6H3. The quantitative estimate of drug-likeness (QED) is 0.782. The zero-order valence-electron chi connectivity index (χ0n) is 13.0. The molecule has 1 aromatic rings. The highest BCUT2D eigenvalue weighted by molar-refractivity contribution is 7.15. The molecule has 0 fully saturated rings. The number of nitrogens with one attached hydrogen (secondary N) is 1. The summed E-state index contributed by atoms with van der Waals surface area (Å²) in [5, 5.41) is 4.52. The first-order valence-corrected chi connectivity index (χ1v) is 7.62. The van der Waals surface area contributed by atoms with Gasteiger partial charge in [-0.2, -0.15) is 0 Å². The van der Waals surface area contributed by atoms with Crippen molar-refractivity contribution >= 4 is 16.5 Å². The topological polar surface area (TPSA) is 37.4 Å². The van der Waals surface area contributed by atoms with Gasteiger partial charge in [-0.05, 0) is 6.92 Å². The monoisotopic (exact) mass is 285 g/mol. The number of nitrogens with zero attached hydrogens (tertiary/aromatic N) is 2. The summed E-state index contributed by atoms with van der Waals surface area (Å²) in [6, 6.07) is 0. The van der Waals surface area contributed by atoms with Gasteiger partial charge in [0.25, 0.3) is 0 Å². The van der Waals surface area contributed by atoms with Gasteiger partial charge in [0, 0.05) is 44.1 Å². The number of hydrogen-bond acceptors (Lipinski definition) is 5. The van der Waals surface area contributed by atoms with Gasteiger partial charge >= 0.3 is 0 Å². The highest BCUT2D eigenvalue weighted by Gasteiger charge is 2.23. The molecule has 0 saturated heterocycles. The lowest BCUT2D eigenvalue weighted by molar-refractivity contribution is 0.199. The summed E-state index contributed by atoms with van der Waals surface area (Å²) >= 11 is 1.79. The number of anilines is 1. The number of aromatic nitrogens is 1. The fourth-order valence-electron chi connectivity index (χ4n) is 1.72. The Hall–Kier alpha value is -0.650. The molecule has 110 valence electrons. The summed E-state index contributed by atoms with van der Waals surface area (Å²) in [7, 11) is 3.82. The normalized spacial score (nSPS) is 11.9. The molecule has 19 heavy (non-hydrogen) atoms. The summed E-state index contributed by atoms with van der Waals surface area (Å²) < 4.78 is 5.06. The van der Waals surface area contributed by atoms with Crippen molar-refractivity contribution in [2.75, 3.05) is 38.8 Å². The van der Waals surface area contributed by atoms with Crippen LogP contribution in [0.4, 0.5) is 5.13 Å². The van der Waals surface area contributed by atoms with Crippen molar-refractivity contribution in [2.24, 2.45) is 0 Å². The van der Waals surface area contributed by atoms with E-state index in [1.807, 2.05) is 0 Å². The van der Waals surface area contributed by atoms with Crippen LogP contribution in [0.3, 0.4) is 0 Å². The number of rotatable bonds is 7. The predicted molar refractivity (Wildman–Crippen MR) is 83.3 cm³/mol.